The smallest absolute Gasteiger partial charge is 0.308 e. The fraction of sp³-hybridized carbons (Fsp3) is 0.0833. The van der Waals surface area contributed by atoms with Crippen molar-refractivity contribution in [1.29, 1.82) is 0 Å². The molecule has 1 aromatic heterocycles. The number of benzene rings is 1. The molecular weight excluding hydrogens is 274 g/mol. The second-order valence-corrected chi connectivity index (χ2v) is 3.81. The van der Waals surface area contributed by atoms with Gasteiger partial charge < -0.3 is 9.73 Å². The van der Waals surface area contributed by atoms with Gasteiger partial charge in [0, 0.05) is 0 Å². The van der Waals surface area contributed by atoms with Gasteiger partial charge in [0.25, 0.3) is 5.91 Å². The van der Waals surface area contributed by atoms with Crippen molar-refractivity contribution in [1.82, 2.24) is 5.32 Å². The number of nitrogens with zero attached hydrogens (tertiary/aromatic N) is 1. The molecule has 6 nitrogen and oxygen atoms in total. The highest BCUT2D eigenvalue weighted by Gasteiger charge is 2.24. The molecule has 20 heavy (non-hydrogen) atoms. The van der Waals surface area contributed by atoms with Gasteiger partial charge in [-0.1, -0.05) is 0 Å². The molecule has 0 fully saturated rings. The SMILES string of the molecule is O=C(NCc1ccco1)c1cc(F)cc([N+](=O)[O-])c1F. The van der Waals surface area contributed by atoms with E-state index in [2.05, 4.69) is 5.32 Å². The zero-order chi connectivity index (χ0) is 14.7. The number of furan rings is 1. The standard InChI is InChI=1S/C12H8F2N2O4/c13-7-4-9(11(14)10(5-7)16(18)19)12(17)15-6-8-2-1-3-20-8/h1-5H,6H2,(H,15,17). The molecule has 0 aliphatic rings. The quantitative estimate of drug-likeness (QED) is 0.689. The lowest BCUT2D eigenvalue weighted by Crippen LogP contribution is -2.24. The third kappa shape index (κ3) is 2.79. The summed E-state index contributed by atoms with van der Waals surface area (Å²) in [4.78, 5) is 21.2. The maximum atomic E-state index is 13.7. The summed E-state index contributed by atoms with van der Waals surface area (Å²) in [7, 11) is 0. The van der Waals surface area contributed by atoms with Crippen LogP contribution in [0.4, 0.5) is 14.5 Å². The van der Waals surface area contributed by atoms with Crippen molar-refractivity contribution < 1.29 is 22.9 Å². The average molecular weight is 282 g/mol. The molecule has 1 aromatic carbocycles. The third-order valence-corrected chi connectivity index (χ3v) is 2.46. The van der Waals surface area contributed by atoms with Gasteiger partial charge in [-0.2, -0.15) is 4.39 Å². The Labute approximate surface area is 111 Å². The normalized spacial score (nSPS) is 10.3. The van der Waals surface area contributed by atoms with Crippen LogP contribution in [-0.2, 0) is 6.54 Å². The highest BCUT2D eigenvalue weighted by Crippen LogP contribution is 2.22. The molecule has 0 saturated carbocycles. The Morgan fingerprint density at radius 2 is 2.15 bits per heavy atom. The highest BCUT2D eigenvalue weighted by atomic mass is 19.1. The number of rotatable bonds is 4. The first kappa shape index (κ1) is 13.7. The van der Waals surface area contributed by atoms with Crippen molar-refractivity contribution in [3.63, 3.8) is 0 Å². The molecular formula is C12H8F2N2O4. The molecule has 1 N–H and O–H groups in total. The second kappa shape index (κ2) is 5.47. The van der Waals surface area contributed by atoms with Crippen LogP contribution >= 0.6 is 0 Å². The summed E-state index contributed by atoms with van der Waals surface area (Å²) < 4.78 is 31.8. The summed E-state index contributed by atoms with van der Waals surface area (Å²) >= 11 is 0. The lowest BCUT2D eigenvalue weighted by molar-refractivity contribution is -0.387. The average Bonchev–Trinajstić information content (AvgIpc) is 2.91. The fourth-order valence-electron chi connectivity index (χ4n) is 1.55. The van der Waals surface area contributed by atoms with E-state index >= 15 is 0 Å². The molecule has 0 bridgehead atoms. The van der Waals surface area contributed by atoms with Crippen LogP contribution in [0.2, 0.25) is 0 Å². The van der Waals surface area contributed by atoms with Crippen molar-refractivity contribution >= 4 is 11.6 Å². The van der Waals surface area contributed by atoms with Crippen LogP contribution in [0.25, 0.3) is 0 Å². The number of hydrogen-bond acceptors (Lipinski definition) is 4. The van der Waals surface area contributed by atoms with Crippen LogP contribution < -0.4 is 5.32 Å². The molecule has 104 valence electrons. The predicted molar refractivity (Wildman–Crippen MR) is 62.9 cm³/mol. The number of carbonyl (C=O) groups is 1. The summed E-state index contributed by atoms with van der Waals surface area (Å²) in [6.07, 6.45) is 1.38. The highest BCUT2D eigenvalue weighted by molar-refractivity contribution is 5.95. The van der Waals surface area contributed by atoms with E-state index in [4.69, 9.17) is 4.42 Å². The molecule has 0 saturated heterocycles. The summed E-state index contributed by atoms with van der Waals surface area (Å²) in [5, 5.41) is 12.8. The Morgan fingerprint density at radius 1 is 1.40 bits per heavy atom. The van der Waals surface area contributed by atoms with Crippen molar-refractivity contribution in [2.75, 3.05) is 0 Å². The van der Waals surface area contributed by atoms with Crippen molar-refractivity contribution in [3.05, 3.63) is 63.6 Å². The maximum Gasteiger partial charge on any atom is 0.308 e. The molecule has 0 radical (unpaired) electrons. The Kier molecular flexibility index (Phi) is 3.74. The molecule has 0 spiro atoms. The van der Waals surface area contributed by atoms with Crippen LogP contribution in [0, 0.1) is 21.7 Å². The first-order valence-corrected chi connectivity index (χ1v) is 5.43. The molecule has 0 aliphatic heterocycles. The topological polar surface area (TPSA) is 85.4 Å². The summed E-state index contributed by atoms with van der Waals surface area (Å²) in [6, 6.07) is 4.18. The second-order valence-electron chi connectivity index (χ2n) is 3.81. The Balaban J connectivity index is 2.23. The predicted octanol–water partition coefficient (Wildman–Crippen LogP) is 2.40. The Hall–Kier alpha value is -2.77. The number of carbonyl (C=O) groups excluding carboxylic acids is 1. The van der Waals surface area contributed by atoms with Crippen LogP contribution in [0.5, 0.6) is 0 Å². The van der Waals surface area contributed by atoms with Crippen LogP contribution in [0.3, 0.4) is 0 Å². The monoisotopic (exact) mass is 282 g/mol. The van der Waals surface area contributed by atoms with Gasteiger partial charge in [-0.15, -0.1) is 0 Å². The molecule has 0 atom stereocenters. The van der Waals surface area contributed by atoms with Gasteiger partial charge in [-0.05, 0) is 18.2 Å². The zero-order valence-electron chi connectivity index (χ0n) is 9.93. The van der Waals surface area contributed by atoms with Gasteiger partial charge in [-0.25, -0.2) is 4.39 Å². The zero-order valence-corrected chi connectivity index (χ0v) is 9.93. The van der Waals surface area contributed by atoms with Gasteiger partial charge >= 0.3 is 5.69 Å². The first-order chi connectivity index (χ1) is 9.49. The van der Waals surface area contributed by atoms with Gasteiger partial charge in [0.15, 0.2) is 0 Å². The van der Waals surface area contributed by atoms with Crippen LogP contribution in [0.15, 0.2) is 34.9 Å². The fourth-order valence-corrected chi connectivity index (χ4v) is 1.55. The van der Waals surface area contributed by atoms with Gasteiger partial charge in [-0.3, -0.25) is 14.9 Å². The molecule has 0 unspecified atom stereocenters. The van der Waals surface area contributed by atoms with E-state index < -0.39 is 33.7 Å². The van der Waals surface area contributed by atoms with E-state index in [1.165, 1.54) is 6.26 Å². The molecule has 2 rings (SSSR count). The van der Waals surface area contributed by atoms with Gasteiger partial charge in [0.1, 0.15) is 11.6 Å². The number of hydrogen-bond donors (Lipinski definition) is 1. The summed E-state index contributed by atoms with van der Waals surface area (Å²) in [5.74, 6) is -3.01. The number of nitrogens with one attached hydrogen (secondary N) is 1. The van der Waals surface area contributed by atoms with Crippen LogP contribution in [0.1, 0.15) is 16.1 Å². The number of nitro groups is 1. The molecule has 1 amide bonds. The van der Waals surface area contributed by atoms with E-state index in [9.17, 15) is 23.7 Å². The number of nitro benzene ring substituents is 1. The van der Waals surface area contributed by atoms with Crippen molar-refractivity contribution in [2.24, 2.45) is 0 Å². The van der Waals surface area contributed by atoms with Crippen LogP contribution in [-0.4, -0.2) is 10.8 Å². The Morgan fingerprint density at radius 3 is 2.75 bits per heavy atom. The minimum atomic E-state index is -1.38. The molecule has 8 heteroatoms. The lowest BCUT2D eigenvalue weighted by atomic mass is 10.1. The number of amides is 1. The molecule has 2 aromatic rings. The number of halogens is 2. The molecule has 0 aliphatic carbocycles. The van der Waals surface area contributed by atoms with Crippen molar-refractivity contribution in [3.8, 4) is 0 Å². The van der Waals surface area contributed by atoms with Crippen molar-refractivity contribution in [2.45, 2.75) is 6.54 Å². The lowest BCUT2D eigenvalue weighted by Gasteiger charge is -2.05. The minimum absolute atomic E-state index is 0.0460. The Bertz CT molecular complexity index is 656. The van der Waals surface area contributed by atoms with E-state index in [0.29, 0.717) is 17.9 Å². The van der Waals surface area contributed by atoms with E-state index in [1.54, 1.807) is 12.1 Å². The summed E-state index contributed by atoms with van der Waals surface area (Å²) in [5.41, 5.74) is -1.82. The van der Waals surface area contributed by atoms with Gasteiger partial charge in [0.05, 0.1) is 29.4 Å². The van der Waals surface area contributed by atoms with E-state index in [1.807, 2.05) is 0 Å². The first-order valence-electron chi connectivity index (χ1n) is 5.43. The largest absolute Gasteiger partial charge is 0.467 e. The maximum absolute atomic E-state index is 13.7. The summed E-state index contributed by atoms with van der Waals surface area (Å²) in [6.45, 7) is -0.0460. The third-order valence-electron chi connectivity index (χ3n) is 2.46. The molecule has 1 heterocycles. The minimum Gasteiger partial charge on any atom is -0.467 e. The van der Waals surface area contributed by atoms with E-state index in [0.717, 1.165) is 0 Å². The van der Waals surface area contributed by atoms with E-state index in [-0.39, 0.29) is 6.54 Å². The van der Waals surface area contributed by atoms with Gasteiger partial charge in [0.2, 0.25) is 5.82 Å².